The number of nitrogens with zero attached hydrogens (tertiary/aromatic N) is 1. The van der Waals surface area contributed by atoms with E-state index in [0.29, 0.717) is 47.6 Å². The van der Waals surface area contributed by atoms with Crippen molar-refractivity contribution in [1.29, 1.82) is 0 Å². The van der Waals surface area contributed by atoms with E-state index in [0.717, 1.165) is 5.56 Å². The average molecular weight is 636 g/mol. The lowest BCUT2D eigenvalue weighted by molar-refractivity contribution is 0.0697. The minimum atomic E-state index is -4.82. The summed E-state index contributed by atoms with van der Waals surface area (Å²) < 4.78 is 42.4. The first-order valence-corrected chi connectivity index (χ1v) is 16.4. The predicted octanol–water partition coefficient (Wildman–Crippen LogP) is 6.53. The number of anilines is 1. The number of benzene rings is 3. The van der Waals surface area contributed by atoms with Gasteiger partial charge in [-0.15, -0.1) is 0 Å². The van der Waals surface area contributed by atoms with Gasteiger partial charge in [0.25, 0.3) is 16.0 Å². The van der Waals surface area contributed by atoms with Gasteiger partial charge in [-0.2, -0.15) is 8.42 Å². The van der Waals surface area contributed by atoms with Crippen molar-refractivity contribution in [2.45, 2.75) is 60.3 Å². The molecule has 45 heavy (non-hydrogen) atoms. The maximum Gasteiger partial charge on any atom is 0.336 e. The number of hydrogen-bond acceptors (Lipinski definition) is 7. The van der Waals surface area contributed by atoms with Crippen molar-refractivity contribution < 1.29 is 32.1 Å². The highest BCUT2D eigenvalue weighted by Crippen LogP contribution is 2.46. The van der Waals surface area contributed by atoms with Crippen LogP contribution in [0, 0.1) is 25.2 Å². The highest BCUT2D eigenvalue weighted by atomic mass is 32.2. The lowest BCUT2D eigenvalue weighted by atomic mass is 9.81. The first-order chi connectivity index (χ1) is 21.0. The Hall–Kier alpha value is -4.22. The first-order valence-electron chi connectivity index (χ1n) is 14.9. The standard InChI is InChI=1S/C34H41N3O7S/c1-9-35-26-16-27-24(13-19(26)5)28(25-14-20(6)29(36-10-2)31(30(25)44-27)45(41,42)43)22-12-11-21(15-23(22)33(39)40)32(38)37-17-34(7,8)18(3)4/h11-16,18,36H,9-10,17H2,1-8H3,(H,37,38)(H,39,40)(H,41,42,43). The summed E-state index contributed by atoms with van der Waals surface area (Å²) in [5, 5.41) is 17.3. The van der Waals surface area contributed by atoms with Crippen molar-refractivity contribution in [2.75, 3.05) is 25.0 Å². The zero-order chi connectivity index (χ0) is 33.4. The zero-order valence-corrected chi connectivity index (χ0v) is 27.8. The number of aryl methyl sites for hydroxylation is 2. The van der Waals surface area contributed by atoms with Crippen molar-refractivity contribution in [2.24, 2.45) is 16.3 Å². The van der Waals surface area contributed by atoms with Crippen LogP contribution in [0.3, 0.4) is 0 Å². The van der Waals surface area contributed by atoms with Crippen LogP contribution in [0.1, 0.15) is 73.4 Å². The van der Waals surface area contributed by atoms with Crippen molar-refractivity contribution in [1.82, 2.24) is 5.32 Å². The number of carbonyl (C=O) groups excluding carboxylic acids is 1. The minimum absolute atomic E-state index is 0.137. The van der Waals surface area contributed by atoms with Crippen molar-refractivity contribution in [3.8, 4) is 22.5 Å². The molecule has 240 valence electrons. The Labute approximate surface area is 263 Å². The molecule has 0 atom stereocenters. The van der Waals surface area contributed by atoms with Crippen molar-refractivity contribution in [3.63, 3.8) is 0 Å². The minimum Gasteiger partial charge on any atom is -0.478 e. The number of nitrogens with one attached hydrogen (secondary N) is 2. The molecule has 1 amide bonds. The van der Waals surface area contributed by atoms with E-state index in [1.807, 2.05) is 33.8 Å². The van der Waals surface area contributed by atoms with Crippen LogP contribution in [0.5, 0.6) is 0 Å². The van der Waals surface area contributed by atoms with E-state index in [1.165, 1.54) is 6.07 Å². The van der Waals surface area contributed by atoms with Crippen LogP contribution < -0.4 is 16.0 Å². The molecule has 0 unspecified atom stereocenters. The Morgan fingerprint density at radius 2 is 1.71 bits per heavy atom. The van der Waals surface area contributed by atoms with Crippen LogP contribution in [0.15, 0.2) is 50.7 Å². The molecular weight excluding hydrogens is 594 g/mol. The Kier molecular flexibility index (Phi) is 9.46. The number of carboxylic acid groups (broad SMARTS) is 1. The summed E-state index contributed by atoms with van der Waals surface area (Å²) in [6, 6.07) is 9.65. The number of hydrogen-bond donors (Lipinski definition) is 4. The maximum absolute atomic E-state index is 13.2. The number of amides is 1. The second-order valence-electron chi connectivity index (χ2n) is 12.3. The van der Waals surface area contributed by atoms with E-state index in [2.05, 4.69) is 29.5 Å². The molecule has 0 radical (unpaired) electrons. The molecule has 0 saturated carbocycles. The van der Waals surface area contributed by atoms with Gasteiger partial charge < -0.3 is 20.2 Å². The van der Waals surface area contributed by atoms with Crippen LogP contribution in [-0.2, 0) is 10.1 Å². The average Bonchev–Trinajstić information content (AvgIpc) is 2.95. The third kappa shape index (κ3) is 6.60. The largest absolute Gasteiger partial charge is 0.478 e. The SMILES string of the molecule is CCN=c1cc2oc3c(S(=O)(=O)O)c(NCC)c(C)cc3c(-c3ccc(C(=O)NCC(C)(C)C(C)C)cc3C(=O)O)c-2cc1C. The summed E-state index contributed by atoms with van der Waals surface area (Å²) in [4.78, 5) is 30.0. The molecule has 1 aliphatic heterocycles. The molecule has 11 heteroatoms. The summed E-state index contributed by atoms with van der Waals surface area (Å²) >= 11 is 0. The van der Waals surface area contributed by atoms with Crippen molar-refractivity contribution in [3.05, 3.63) is 64.0 Å². The van der Waals surface area contributed by atoms with Gasteiger partial charge in [0.05, 0.1) is 16.6 Å². The molecule has 1 aliphatic carbocycles. The van der Waals surface area contributed by atoms with Gasteiger partial charge in [0.15, 0.2) is 10.5 Å². The number of carboxylic acids is 1. The Bertz CT molecular complexity index is 1960. The van der Waals surface area contributed by atoms with Gasteiger partial charge in [0.1, 0.15) is 5.76 Å². The topological polar surface area (TPSA) is 158 Å². The van der Waals surface area contributed by atoms with Gasteiger partial charge in [0, 0.05) is 47.8 Å². The number of rotatable bonds is 10. The molecule has 0 spiro atoms. The smallest absolute Gasteiger partial charge is 0.336 e. The molecule has 2 aliphatic rings. The normalized spacial score (nSPS) is 12.7. The molecule has 2 aromatic rings. The Morgan fingerprint density at radius 1 is 1.02 bits per heavy atom. The van der Waals surface area contributed by atoms with Crippen LogP contribution in [0.2, 0.25) is 0 Å². The number of fused-ring (bicyclic) bond motifs is 2. The van der Waals surface area contributed by atoms with E-state index < -0.39 is 26.9 Å². The molecule has 4 rings (SSSR count). The van der Waals surface area contributed by atoms with Gasteiger partial charge in [-0.3, -0.25) is 14.3 Å². The molecule has 0 bridgehead atoms. The molecule has 0 aromatic heterocycles. The van der Waals surface area contributed by atoms with Crippen LogP contribution >= 0.6 is 0 Å². The van der Waals surface area contributed by atoms with Crippen LogP contribution in [0.25, 0.3) is 33.4 Å². The summed E-state index contributed by atoms with van der Waals surface area (Å²) in [6.45, 7) is 16.7. The molecule has 0 saturated heterocycles. The molecule has 10 nitrogen and oxygen atoms in total. The Balaban J connectivity index is 2.12. The summed E-state index contributed by atoms with van der Waals surface area (Å²) in [5.74, 6) is -1.12. The number of carbonyl (C=O) groups is 2. The second kappa shape index (κ2) is 12.6. The molecule has 4 N–H and O–H groups in total. The van der Waals surface area contributed by atoms with E-state index in [-0.39, 0.29) is 44.5 Å². The monoisotopic (exact) mass is 635 g/mol. The summed E-state index contributed by atoms with van der Waals surface area (Å²) in [5.41, 5.74) is 2.36. The van der Waals surface area contributed by atoms with E-state index in [4.69, 9.17) is 4.42 Å². The highest BCUT2D eigenvalue weighted by molar-refractivity contribution is 7.86. The third-order valence-electron chi connectivity index (χ3n) is 8.47. The molecule has 2 aromatic carbocycles. The zero-order valence-electron chi connectivity index (χ0n) is 27.0. The summed E-state index contributed by atoms with van der Waals surface area (Å²) in [6.07, 6.45) is 0. The predicted molar refractivity (Wildman–Crippen MR) is 176 cm³/mol. The van der Waals surface area contributed by atoms with Gasteiger partial charge in [-0.1, -0.05) is 33.8 Å². The van der Waals surface area contributed by atoms with Crippen LogP contribution in [-0.4, -0.2) is 49.6 Å². The Morgan fingerprint density at radius 3 is 2.29 bits per heavy atom. The fourth-order valence-electron chi connectivity index (χ4n) is 5.24. The maximum atomic E-state index is 13.2. The van der Waals surface area contributed by atoms with E-state index in [9.17, 15) is 27.7 Å². The first kappa shape index (κ1) is 33.7. The molecular formula is C34H41N3O7S. The fourth-order valence-corrected chi connectivity index (χ4v) is 6.11. The quantitative estimate of drug-likeness (QED) is 0.113. The molecule has 1 heterocycles. The number of aromatic carboxylic acids is 1. The third-order valence-corrected chi connectivity index (χ3v) is 9.38. The molecule has 0 fully saturated rings. The highest BCUT2D eigenvalue weighted by Gasteiger charge is 2.30. The second-order valence-corrected chi connectivity index (χ2v) is 13.6. The van der Waals surface area contributed by atoms with Gasteiger partial charge in [-0.25, -0.2) is 4.79 Å². The van der Waals surface area contributed by atoms with Gasteiger partial charge in [0.2, 0.25) is 0 Å². The summed E-state index contributed by atoms with van der Waals surface area (Å²) in [7, 11) is -4.82. The fraction of sp³-hybridized carbons (Fsp3) is 0.382. The van der Waals surface area contributed by atoms with Gasteiger partial charge >= 0.3 is 5.97 Å². The van der Waals surface area contributed by atoms with Crippen molar-refractivity contribution >= 4 is 38.7 Å². The lowest BCUT2D eigenvalue weighted by Gasteiger charge is -2.29. The van der Waals surface area contributed by atoms with Crippen LogP contribution in [0.4, 0.5) is 5.69 Å². The lowest BCUT2D eigenvalue weighted by Crippen LogP contribution is -2.37. The van der Waals surface area contributed by atoms with E-state index >= 15 is 0 Å². The van der Waals surface area contributed by atoms with Gasteiger partial charge in [-0.05, 0) is 80.0 Å². The van der Waals surface area contributed by atoms with E-state index in [1.54, 1.807) is 38.1 Å².